The Kier molecular flexibility index (Phi) is 4.24. The molecule has 1 heterocycles. The second-order valence-electron chi connectivity index (χ2n) is 5.99. The molecule has 2 fully saturated rings. The van der Waals surface area contributed by atoms with Crippen molar-refractivity contribution in [3.8, 4) is 0 Å². The molecule has 0 bridgehead atoms. The molecule has 0 spiro atoms. The largest absolute Gasteiger partial charge is 0.396 e. The molecule has 0 radical (unpaired) electrons. The molecule has 0 atom stereocenters. The smallest absolute Gasteiger partial charge is 0.0642 e. The molecule has 1 aromatic carbocycles. The fraction of sp³-hybridized carbons (Fsp3) is 0.625. The van der Waals surface area contributed by atoms with Gasteiger partial charge >= 0.3 is 0 Å². The van der Waals surface area contributed by atoms with Crippen molar-refractivity contribution in [1.82, 2.24) is 5.32 Å². The summed E-state index contributed by atoms with van der Waals surface area (Å²) in [7, 11) is 0. The van der Waals surface area contributed by atoms with Gasteiger partial charge < -0.3 is 20.1 Å². The first-order chi connectivity index (χ1) is 9.83. The van der Waals surface area contributed by atoms with E-state index >= 15 is 0 Å². The number of hydrogen-bond donors (Lipinski definition) is 2. The summed E-state index contributed by atoms with van der Waals surface area (Å²) >= 11 is 0. The van der Waals surface area contributed by atoms with Crippen LogP contribution in [0.5, 0.6) is 0 Å². The third kappa shape index (κ3) is 3.14. The number of para-hydroxylation sites is 1. The molecular formula is C16H24N2O2. The fourth-order valence-corrected chi connectivity index (χ4v) is 2.80. The average Bonchev–Trinajstić information content (AvgIpc) is 3.29. The van der Waals surface area contributed by atoms with E-state index in [0.717, 1.165) is 52.2 Å². The average molecular weight is 276 g/mol. The lowest BCUT2D eigenvalue weighted by molar-refractivity contribution is 0.122. The number of benzene rings is 1. The Morgan fingerprint density at radius 2 is 1.95 bits per heavy atom. The Morgan fingerprint density at radius 3 is 2.65 bits per heavy atom. The molecule has 1 saturated carbocycles. The maximum absolute atomic E-state index is 9.35. The third-order valence-corrected chi connectivity index (χ3v) is 4.45. The highest BCUT2D eigenvalue weighted by atomic mass is 16.5. The van der Waals surface area contributed by atoms with E-state index in [1.165, 1.54) is 11.3 Å². The lowest BCUT2D eigenvalue weighted by Crippen LogP contribution is -2.37. The van der Waals surface area contributed by atoms with Crippen molar-refractivity contribution in [1.29, 1.82) is 0 Å². The minimum absolute atomic E-state index is 0.175. The van der Waals surface area contributed by atoms with Crippen molar-refractivity contribution >= 4 is 5.69 Å². The number of morpholine rings is 1. The summed E-state index contributed by atoms with van der Waals surface area (Å²) in [4.78, 5) is 2.40. The van der Waals surface area contributed by atoms with Gasteiger partial charge in [-0.2, -0.15) is 0 Å². The van der Waals surface area contributed by atoms with Gasteiger partial charge in [0, 0.05) is 43.9 Å². The van der Waals surface area contributed by atoms with Crippen LogP contribution in [0.3, 0.4) is 0 Å². The molecule has 4 heteroatoms. The van der Waals surface area contributed by atoms with Crippen molar-refractivity contribution in [2.24, 2.45) is 5.41 Å². The van der Waals surface area contributed by atoms with E-state index in [2.05, 4.69) is 34.5 Å². The Labute approximate surface area is 120 Å². The zero-order valence-corrected chi connectivity index (χ0v) is 12.0. The van der Waals surface area contributed by atoms with Crippen LogP contribution in [0.4, 0.5) is 5.69 Å². The van der Waals surface area contributed by atoms with Gasteiger partial charge in [0.2, 0.25) is 0 Å². The standard InChI is InChI=1S/C16H24N2O2/c19-13-16(5-6-16)12-17-11-14-3-1-2-4-15(14)18-7-9-20-10-8-18/h1-4,17,19H,5-13H2. The minimum atomic E-state index is 0.175. The molecule has 1 aromatic rings. The van der Waals surface area contributed by atoms with Crippen LogP contribution < -0.4 is 10.2 Å². The van der Waals surface area contributed by atoms with Crippen molar-refractivity contribution < 1.29 is 9.84 Å². The van der Waals surface area contributed by atoms with Crippen molar-refractivity contribution in [2.75, 3.05) is 44.4 Å². The molecule has 1 saturated heterocycles. The highest BCUT2D eigenvalue weighted by Crippen LogP contribution is 2.44. The van der Waals surface area contributed by atoms with E-state index in [1.807, 2.05) is 0 Å². The SMILES string of the molecule is OCC1(CNCc2ccccc2N2CCOCC2)CC1. The minimum Gasteiger partial charge on any atom is -0.396 e. The normalized spacial score (nSPS) is 20.9. The van der Waals surface area contributed by atoms with Crippen molar-refractivity contribution in [3.05, 3.63) is 29.8 Å². The van der Waals surface area contributed by atoms with Gasteiger partial charge in [-0.3, -0.25) is 0 Å². The van der Waals surface area contributed by atoms with Crippen LogP contribution in [0.1, 0.15) is 18.4 Å². The molecule has 0 aromatic heterocycles. The highest BCUT2D eigenvalue weighted by Gasteiger charge is 2.41. The first kappa shape index (κ1) is 13.9. The molecule has 2 N–H and O–H groups in total. The molecule has 0 amide bonds. The van der Waals surface area contributed by atoms with Crippen molar-refractivity contribution in [3.63, 3.8) is 0 Å². The van der Waals surface area contributed by atoms with Crippen molar-refractivity contribution in [2.45, 2.75) is 19.4 Å². The molecule has 20 heavy (non-hydrogen) atoms. The van der Waals surface area contributed by atoms with Crippen LogP contribution in [0.25, 0.3) is 0 Å². The quantitative estimate of drug-likeness (QED) is 0.824. The first-order valence-corrected chi connectivity index (χ1v) is 7.55. The number of nitrogens with zero attached hydrogens (tertiary/aromatic N) is 1. The number of aliphatic hydroxyl groups is 1. The maximum atomic E-state index is 9.35. The Balaban J connectivity index is 1.60. The van der Waals surface area contributed by atoms with Crippen LogP contribution in [-0.2, 0) is 11.3 Å². The van der Waals surface area contributed by atoms with E-state index < -0.39 is 0 Å². The number of anilines is 1. The fourth-order valence-electron chi connectivity index (χ4n) is 2.80. The summed E-state index contributed by atoms with van der Waals surface area (Å²) in [6.07, 6.45) is 2.31. The van der Waals surface area contributed by atoms with E-state index in [4.69, 9.17) is 4.74 Å². The van der Waals surface area contributed by atoms with Crippen LogP contribution >= 0.6 is 0 Å². The summed E-state index contributed by atoms with van der Waals surface area (Å²) in [6, 6.07) is 8.59. The van der Waals surface area contributed by atoms with E-state index in [0.29, 0.717) is 6.61 Å². The molecule has 1 aliphatic heterocycles. The first-order valence-electron chi connectivity index (χ1n) is 7.55. The van der Waals surface area contributed by atoms with Gasteiger partial charge in [0.15, 0.2) is 0 Å². The third-order valence-electron chi connectivity index (χ3n) is 4.45. The zero-order valence-electron chi connectivity index (χ0n) is 12.0. The summed E-state index contributed by atoms with van der Waals surface area (Å²) < 4.78 is 5.42. The van der Waals surface area contributed by atoms with Gasteiger partial charge in [0.05, 0.1) is 13.2 Å². The molecule has 2 aliphatic rings. The molecule has 0 unspecified atom stereocenters. The van der Waals surface area contributed by atoms with E-state index in [9.17, 15) is 5.11 Å². The second-order valence-corrected chi connectivity index (χ2v) is 5.99. The van der Waals surface area contributed by atoms with Gasteiger partial charge in [0.1, 0.15) is 0 Å². The van der Waals surface area contributed by atoms with Gasteiger partial charge in [0.25, 0.3) is 0 Å². The molecule has 1 aliphatic carbocycles. The number of rotatable bonds is 6. The second kappa shape index (κ2) is 6.12. The zero-order chi connectivity index (χ0) is 13.8. The van der Waals surface area contributed by atoms with Crippen LogP contribution in [0, 0.1) is 5.41 Å². The molecule has 110 valence electrons. The maximum Gasteiger partial charge on any atom is 0.0642 e. The highest BCUT2D eigenvalue weighted by molar-refractivity contribution is 5.53. The summed E-state index contributed by atoms with van der Waals surface area (Å²) in [5.74, 6) is 0. The summed E-state index contributed by atoms with van der Waals surface area (Å²) in [5, 5.41) is 12.9. The number of ether oxygens (including phenoxy) is 1. The Bertz CT molecular complexity index is 440. The van der Waals surface area contributed by atoms with E-state index in [-0.39, 0.29) is 5.41 Å². The van der Waals surface area contributed by atoms with E-state index in [1.54, 1.807) is 0 Å². The van der Waals surface area contributed by atoms with Gasteiger partial charge in [-0.25, -0.2) is 0 Å². The number of nitrogens with one attached hydrogen (secondary N) is 1. The van der Waals surface area contributed by atoms with Gasteiger partial charge in [-0.15, -0.1) is 0 Å². The predicted molar refractivity (Wildman–Crippen MR) is 79.9 cm³/mol. The van der Waals surface area contributed by atoms with Crippen LogP contribution in [0.2, 0.25) is 0 Å². The lowest BCUT2D eigenvalue weighted by atomic mass is 10.1. The van der Waals surface area contributed by atoms with Crippen LogP contribution in [0.15, 0.2) is 24.3 Å². The number of aliphatic hydroxyl groups excluding tert-OH is 1. The topological polar surface area (TPSA) is 44.7 Å². The van der Waals surface area contributed by atoms with Gasteiger partial charge in [-0.1, -0.05) is 18.2 Å². The molecule has 4 nitrogen and oxygen atoms in total. The van der Waals surface area contributed by atoms with Gasteiger partial charge in [-0.05, 0) is 24.5 Å². The summed E-state index contributed by atoms with van der Waals surface area (Å²) in [6.45, 7) is 5.67. The lowest BCUT2D eigenvalue weighted by Gasteiger charge is -2.30. The molecule has 3 rings (SSSR count). The monoisotopic (exact) mass is 276 g/mol. The Morgan fingerprint density at radius 1 is 1.20 bits per heavy atom. The molecular weight excluding hydrogens is 252 g/mol. The Hall–Kier alpha value is -1.10. The predicted octanol–water partition coefficient (Wildman–Crippen LogP) is 1.39. The summed E-state index contributed by atoms with van der Waals surface area (Å²) in [5.41, 5.74) is 2.83. The van der Waals surface area contributed by atoms with Crippen LogP contribution in [-0.4, -0.2) is 44.6 Å². The number of hydrogen-bond acceptors (Lipinski definition) is 4.